The van der Waals surface area contributed by atoms with E-state index in [-0.39, 0.29) is 23.2 Å². The molecule has 3 aromatic rings. The smallest absolute Gasteiger partial charge is 0.254 e. The highest BCUT2D eigenvalue weighted by atomic mass is 79.9. The number of nitrogens with zero attached hydrogens (tertiary/aromatic N) is 3. The second-order valence-electron chi connectivity index (χ2n) is 4.93. The molecule has 1 aromatic carbocycles. The number of amides is 1. The van der Waals surface area contributed by atoms with Crippen LogP contribution in [0.2, 0.25) is 5.15 Å². The zero-order valence-electron chi connectivity index (χ0n) is 12.2. The van der Waals surface area contributed by atoms with Crippen molar-refractivity contribution in [1.29, 1.82) is 0 Å². The lowest BCUT2D eigenvalue weighted by Gasteiger charge is -2.09. The van der Waals surface area contributed by atoms with E-state index in [1.807, 2.05) is 0 Å². The minimum absolute atomic E-state index is 0.109. The molecule has 0 unspecified atom stereocenters. The maximum absolute atomic E-state index is 14.2. The molecule has 0 aliphatic carbocycles. The molecule has 0 radical (unpaired) electrons. The molecule has 0 aliphatic rings. The summed E-state index contributed by atoms with van der Waals surface area (Å²) in [5.41, 5.74) is 1.27. The van der Waals surface area contributed by atoms with Crippen LogP contribution in [-0.4, -0.2) is 20.4 Å². The summed E-state index contributed by atoms with van der Waals surface area (Å²) in [4.78, 5) is 20.0. The highest BCUT2D eigenvalue weighted by Crippen LogP contribution is 2.18. The quantitative estimate of drug-likeness (QED) is 0.668. The lowest BCUT2D eigenvalue weighted by Crippen LogP contribution is -2.23. The molecule has 1 N–H and O–H groups in total. The van der Waals surface area contributed by atoms with Crippen molar-refractivity contribution in [3.8, 4) is 5.69 Å². The largest absolute Gasteiger partial charge is 0.348 e. The van der Waals surface area contributed by atoms with E-state index < -0.39 is 5.82 Å². The molecular formula is C16H11BrClFN4O. The fraction of sp³-hybridized carbons (Fsp3) is 0.0625. The van der Waals surface area contributed by atoms with E-state index >= 15 is 0 Å². The molecule has 2 heterocycles. The first-order chi connectivity index (χ1) is 11.5. The molecular weight excluding hydrogens is 399 g/mol. The Kier molecular flexibility index (Phi) is 4.92. The lowest BCUT2D eigenvalue weighted by molar-refractivity contribution is 0.0950. The van der Waals surface area contributed by atoms with E-state index in [0.29, 0.717) is 15.7 Å². The van der Waals surface area contributed by atoms with Gasteiger partial charge in [0.05, 0.1) is 17.6 Å². The summed E-state index contributed by atoms with van der Waals surface area (Å²) in [7, 11) is 0. The summed E-state index contributed by atoms with van der Waals surface area (Å²) in [5.74, 6) is -0.783. The predicted octanol–water partition coefficient (Wildman–Crippen LogP) is 3.75. The Morgan fingerprint density at radius 3 is 2.92 bits per heavy atom. The minimum Gasteiger partial charge on any atom is -0.348 e. The van der Waals surface area contributed by atoms with Crippen molar-refractivity contribution in [2.75, 3.05) is 0 Å². The standard InChI is InChI=1S/C16H11BrClFN4O/c17-11-6-12(15(18)21-8-11)16(24)22-7-10-1-2-14(13(19)5-10)23-4-3-20-9-23/h1-6,8-9H,7H2,(H,22,24). The lowest BCUT2D eigenvalue weighted by atomic mass is 10.2. The van der Waals surface area contributed by atoms with Crippen molar-refractivity contribution in [2.24, 2.45) is 0 Å². The van der Waals surface area contributed by atoms with Gasteiger partial charge in [-0.05, 0) is 39.7 Å². The first-order valence-corrected chi connectivity index (χ1v) is 8.07. The average molecular weight is 410 g/mol. The van der Waals surface area contributed by atoms with Crippen LogP contribution >= 0.6 is 27.5 Å². The van der Waals surface area contributed by atoms with Crippen LogP contribution in [0, 0.1) is 5.82 Å². The van der Waals surface area contributed by atoms with Gasteiger partial charge in [0.25, 0.3) is 5.91 Å². The van der Waals surface area contributed by atoms with Crippen LogP contribution in [0.15, 0.2) is 53.7 Å². The van der Waals surface area contributed by atoms with Crippen molar-refractivity contribution >= 4 is 33.4 Å². The van der Waals surface area contributed by atoms with Crippen LogP contribution in [-0.2, 0) is 6.54 Å². The number of pyridine rings is 1. The monoisotopic (exact) mass is 408 g/mol. The summed E-state index contributed by atoms with van der Waals surface area (Å²) in [6.45, 7) is 0.169. The Balaban J connectivity index is 1.72. The number of halogens is 3. The predicted molar refractivity (Wildman–Crippen MR) is 91.6 cm³/mol. The van der Waals surface area contributed by atoms with Crippen LogP contribution in [0.3, 0.4) is 0 Å². The Bertz CT molecular complexity index is 886. The van der Waals surface area contributed by atoms with E-state index in [9.17, 15) is 9.18 Å². The van der Waals surface area contributed by atoms with Crippen LogP contribution < -0.4 is 5.32 Å². The van der Waals surface area contributed by atoms with Gasteiger partial charge in [-0.3, -0.25) is 4.79 Å². The maximum atomic E-state index is 14.2. The molecule has 5 nitrogen and oxygen atoms in total. The van der Waals surface area contributed by atoms with Gasteiger partial charge in [0.1, 0.15) is 11.0 Å². The summed E-state index contributed by atoms with van der Waals surface area (Å²) >= 11 is 9.15. The normalized spacial score (nSPS) is 10.6. The summed E-state index contributed by atoms with van der Waals surface area (Å²) < 4.78 is 16.4. The molecule has 3 rings (SSSR count). The number of imidazole rings is 1. The number of nitrogens with one attached hydrogen (secondary N) is 1. The molecule has 0 saturated heterocycles. The molecule has 0 spiro atoms. The molecule has 122 valence electrons. The Labute approximate surface area is 150 Å². The molecule has 2 aromatic heterocycles. The van der Waals surface area contributed by atoms with E-state index in [0.717, 1.165) is 0 Å². The van der Waals surface area contributed by atoms with Gasteiger partial charge in [0.15, 0.2) is 0 Å². The zero-order chi connectivity index (χ0) is 17.1. The molecule has 0 saturated carbocycles. The fourth-order valence-electron chi connectivity index (χ4n) is 2.13. The van der Waals surface area contributed by atoms with E-state index in [2.05, 4.69) is 31.2 Å². The Morgan fingerprint density at radius 1 is 1.38 bits per heavy atom. The molecule has 1 amide bonds. The van der Waals surface area contributed by atoms with Gasteiger partial charge >= 0.3 is 0 Å². The van der Waals surface area contributed by atoms with E-state index in [4.69, 9.17) is 11.6 Å². The maximum Gasteiger partial charge on any atom is 0.254 e. The van der Waals surface area contributed by atoms with Crippen molar-refractivity contribution in [3.05, 3.63) is 75.8 Å². The van der Waals surface area contributed by atoms with Gasteiger partial charge in [-0.2, -0.15) is 0 Å². The van der Waals surface area contributed by atoms with Gasteiger partial charge in [-0.15, -0.1) is 0 Å². The first-order valence-electron chi connectivity index (χ1n) is 6.90. The van der Waals surface area contributed by atoms with Crippen LogP contribution in [0.25, 0.3) is 5.69 Å². The van der Waals surface area contributed by atoms with Crippen LogP contribution in [0.1, 0.15) is 15.9 Å². The van der Waals surface area contributed by atoms with E-state index in [1.54, 1.807) is 35.2 Å². The number of carbonyl (C=O) groups is 1. The number of rotatable bonds is 4. The van der Waals surface area contributed by atoms with Crippen LogP contribution in [0.4, 0.5) is 4.39 Å². The summed E-state index contributed by atoms with van der Waals surface area (Å²) in [5, 5.41) is 2.80. The second kappa shape index (κ2) is 7.11. The Morgan fingerprint density at radius 2 is 2.21 bits per heavy atom. The van der Waals surface area contributed by atoms with Gasteiger partial charge in [-0.25, -0.2) is 14.4 Å². The SMILES string of the molecule is O=C(NCc1ccc(-n2ccnc2)c(F)c1)c1cc(Br)cnc1Cl. The first kappa shape index (κ1) is 16.6. The molecule has 0 atom stereocenters. The summed E-state index contributed by atoms with van der Waals surface area (Å²) in [6, 6.07) is 6.31. The topological polar surface area (TPSA) is 59.8 Å². The summed E-state index contributed by atoms with van der Waals surface area (Å²) in [6.07, 6.45) is 6.25. The minimum atomic E-state index is -0.401. The van der Waals surface area contributed by atoms with Gasteiger partial charge in [-0.1, -0.05) is 17.7 Å². The van der Waals surface area contributed by atoms with Crippen molar-refractivity contribution in [3.63, 3.8) is 0 Å². The average Bonchev–Trinajstić information content (AvgIpc) is 3.09. The highest BCUT2D eigenvalue weighted by molar-refractivity contribution is 9.10. The van der Waals surface area contributed by atoms with Gasteiger partial charge < -0.3 is 9.88 Å². The van der Waals surface area contributed by atoms with Crippen molar-refractivity contribution in [2.45, 2.75) is 6.54 Å². The third kappa shape index (κ3) is 3.63. The highest BCUT2D eigenvalue weighted by Gasteiger charge is 2.12. The second-order valence-corrected chi connectivity index (χ2v) is 6.20. The van der Waals surface area contributed by atoms with E-state index in [1.165, 1.54) is 18.6 Å². The molecule has 0 fully saturated rings. The number of hydrogen-bond donors (Lipinski definition) is 1. The number of hydrogen-bond acceptors (Lipinski definition) is 3. The van der Waals surface area contributed by atoms with Crippen LogP contribution in [0.5, 0.6) is 0 Å². The third-order valence-corrected chi connectivity index (χ3v) is 4.03. The van der Waals surface area contributed by atoms with Gasteiger partial charge in [0.2, 0.25) is 0 Å². The fourth-order valence-corrected chi connectivity index (χ4v) is 2.65. The molecule has 24 heavy (non-hydrogen) atoms. The molecule has 0 aliphatic heterocycles. The molecule has 0 bridgehead atoms. The molecule has 8 heteroatoms. The van der Waals surface area contributed by atoms with Gasteiger partial charge in [0, 0.05) is 29.6 Å². The third-order valence-electron chi connectivity index (χ3n) is 3.30. The van der Waals surface area contributed by atoms with Crippen molar-refractivity contribution in [1.82, 2.24) is 19.9 Å². The number of aromatic nitrogens is 3. The Hall–Kier alpha value is -2.25. The number of benzene rings is 1. The van der Waals surface area contributed by atoms with Crippen molar-refractivity contribution < 1.29 is 9.18 Å². The zero-order valence-corrected chi connectivity index (χ0v) is 14.6. The number of carbonyl (C=O) groups excluding carboxylic acids is 1.